The van der Waals surface area contributed by atoms with Crippen molar-refractivity contribution in [2.45, 2.75) is 38.9 Å². The Hall–Kier alpha value is -5.05. The van der Waals surface area contributed by atoms with Crippen molar-refractivity contribution in [2.75, 3.05) is 54.1 Å². The fourth-order valence-electron chi connectivity index (χ4n) is 7.34. The predicted molar refractivity (Wildman–Crippen MR) is 202 cm³/mol. The molecule has 2 aliphatic heterocycles. The minimum atomic E-state index is -0.959. The number of carbonyl (C=O) groups excluding carboxylic acids is 2. The number of nitrogens with zero attached hydrogens (tertiary/aromatic N) is 6. The monoisotopic (exact) mass is 758 g/mol. The van der Waals surface area contributed by atoms with E-state index in [4.69, 9.17) is 19.6 Å². The van der Waals surface area contributed by atoms with Crippen LogP contribution in [-0.2, 0) is 27.3 Å². The van der Waals surface area contributed by atoms with Crippen LogP contribution in [-0.4, -0.2) is 95.3 Å². The second kappa shape index (κ2) is 15.0. The number of aromatic nitrogens is 3. The minimum absolute atomic E-state index is 0.00856. The van der Waals surface area contributed by atoms with E-state index in [1.54, 1.807) is 30.0 Å². The highest BCUT2D eigenvalue weighted by Crippen LogP contribution is 2.48. The summed E-state index contributed by atoms with van der Waals surface area (Å²) in [6.45, 7) is 9.54. The third-order valence-corrected chi connectivity index (χ3v) is 11.1. The Kier molecular flexibility index (Phi) is 10.4. The summed E-state index contributed by atoms with van der Waals surface area (Å²) in [5.74, 6) is -2.79. The quantitative estimate of drug-likeness (QED) is 0.112. The van der Waals surface area contributed by atoms with Gasteiger partial charge in [0.05, 0.1) is 46.9 Å². The highest BCUT2D eigenvalue weighted by Gasteiger charge is 2.35. The Balaban J connectivity index is 1.46. The standard InChI is InChI=1S/C40H41F3N6O4S/c1-7-33(50)48-18-22(2)49-31(23(48)3)17-30(45-49)39-37(35-28(42)15-27(41)16-32(35)53-13-12-52-6)36-29(43)21-54-40(36)38(44-39)25-9-8-24-10-11-47(19-26(24)14-25)20-34(51)46(4)5/h7-9,14-17,21-23H,1,10-13,18-20H2,2-6H3/t22-,23+/m0/s1. The Labute approximate surface area is 315 Å². The number of methoxy groups -OCH3 is 1. The van der Waals surface area contributed by atoms with Crippen LogP contribution in [0.4, 0.5) is 13.2 Å². The Morgan fingerprint density at radius 1 is 1.04 bits per heavy atom. The van der Waals surface area contributed by atoms with Crippen molar-refractivity contribution in [3.63, 3.8) is 0 Å². The zero-order valence-corrected chi connectivity index (χ0v) is 31.6. The van der Waals surface area contributed by atoms with Gasteiger partial charge < -0.3 is 19.3 Å². The summed E-state index contributed by atoms with van der Waals surface area (Å²) < 4.78 is 60.7. The van der Waals surface area contributed by atoms with E-state index in [1.807, 2.05) is 36.7 Å². The summed E-state index contributed by atoms with van der Waals surface area (Å²) in [5.41, 5.74) is 4.43. The molecule has 0 unspecified atom stereocenters. The number of amides is 2. The molecular formula is C40H41F3N6O4S. The number of fused-ring (bicyclic) bond motifs is 3. The Morgan fingerprint density at radius 2 is 1.83 bits per heavy atom. The number of pyridine rings is 1. The fourth-order valence-corrected chi connectivity index (χ4v) is 8.28. The SMILES string of the molecule is C=CC(=O)N1C[C@H](C)n2nc(-c3nc(-c4ccc5c(c4)CN(CC(=O)N(C)C)CC5)c4scc(F)c4c3-c3c(F)cc(F)cc3OCCOC)cc2[C@H]1C. The second-order valence-corrected chi connectivity index (χ2v) is 14.8. The van der Waals surface area contributed by atoms with Crippen LogP contribution < -0.4 is 4.74 Å². The van der Waals surface area contributed by atoms with Crippen molar-refractivity contribution < 1.29 is 32.2 Å². The van der Waals surface area contributed by atoms with Crippen LogP contribution in [0.1, 0.15) is 42.8 Å². The summed E-state index contributed by atoms with van der Waals surface area (Å²) in [4.78, 5) is 35.9. The second-order valence-electron chi connectivity index (χ2n) is 13.9. The Morgan fingerprint density at radius 3 is 2.57 bits per heavy atom. The van der Waals surface area contributed by atoms with Crippen LogP contribution in [0.3, 0.4) is 0 Å². The van der Waals surface area contributed by atoms with E-state index in [0.29, 0.717) is 40.4 Å². The maximum atomic E-state index is 16.4. The van der Waals surface area contributed by atoms with E-state index in [0.717, 1.165) is 47.6 Å². The molecule has 0 aliphatic carbocycles. The summed E-state index contributed by atoms with van der Waals surface area (Å²) in [6.07, 6.45) is 2.03. The van der Waals surface area contributed by atoms with Crippen LogP contribution in [0.25, 0.3) is 43.9 Å². The van der Waals surface area contributed by atoms with Gasteiger partial charge in [-0.2, -0.15) is 5.10 Å². The molecule has 0 saturated carbocycles. The first kappa shape index (κ1) is 37.3. The molecule has 10 nitrogen and oxygen atoms in total. The number of hydrogen-bond donors (Lipinski definition) is 0. The molecule has 5 heterocycles. The summed E-state index contributed by atoms with van der Waals surface area (Å²) >= 11 is 1.13. The highest BCUT2D eigenvalue weighted by atomic mass is 32.1. The number of likely N-dealkylation sites (N-methyl/N-ethyl adjacent to an activating group) is 1. The largest absolute Gasteiger partial charge is 0.490 e. The van der Waals surface area contributed by atoms with Gasteiger partial charge in [0.2, 0.25) is 11.8 Å². The molecule has 2 aliphatic rings. The minimum Gasteiger partial charge on any atom is -0.490 e. The highest BCUT2D eigenvalue weighted by molar-refractivity contribution is 7.17. The fraction of sp³-hybridized carbons (Fsp3) is 0.350. The molecule has 0 bridgehead atoms. The number of hydrogen-bond acceptors (Lipinski definition) is 8. The van der Waals surface area contributed by atoms with Crippen molar-refractivity contribution in [3.05, 3.63) is 88.7 Å². The normalized spacial score (nSPS) is 17.0. The molecule has 54 heavy (non-hydrogen) atoms. The van der Waals surface area contributed by atoms with Gasteiger partial charge in [0.15, 0.2) is 0 Å². The first-order valence-electron chi connectivity index (χ1n) is 17.7. The zero-order chi connectivity index (χ0) is 38.4. The molecule has 2 amide bonds. The predicted octanol–water partition coefficient (Wildman–Crippen LogP) is 7.03. The van der Waals surface area contributed by atoms with E-state index in [1.165, 1.54) is 18.6 Å². The van der Waals surface area contributed by atoms with E-state index in [2.05, 4.69) is 11.5 Å². The molecule has 0 fully saturated rings. The molecule has 2 aromatic carbocycles. The molecule has 0 saturated heterocycles. The molecule has 14 heteroatoms. The number of benzene rings is 2. The van der Waals surface area contributed by atoms with Gasteiger partial charge in [0.25, 0.3) is 0 Å². The lowest BCUT2D eigenvalue weighted by Crippen LogP contribution is -2.42. The van der Waals surface area contributed by atoms with E-state index >= 15 is 8.78 Å². The van der Waals surface area contributed by atoms with Crippen molar-refractivity contribution in [1.82, 2.24) is 29.5 Å². The molecule has 0 spiro atoms. The third-order valence-electron chi connectivity index (χ3n) is 10.2. The third kappa shape index (κ3) is 6.78. The van der Waals surface area contributed by atoms with Gasteiger partial charge in [-0.1, -0.05) is 18.7 Å². The average Bonchev–Trinajstić information content (AvgIpc) is 3.77. The molecule has 282 valence electrons. The maximum Gasteiger partial charge on any atom is 0.246 e. The number of rotatable bonds is 10. The molecule has 2 atom stereocenters. The molecule has 0 radical (unpaired) electrons. The average molecular weight is 759 g/mol. The van der Waals surface area contributed by atoms with Crippen LogP contribution in [0.2, 0.25) is 0 Å². The van der Waals surface area contributed by atoms with E-state index in [-0.39, 0.29) is 65.6 Å². The number of ether oxygens (including phenoxy) is 2. The van der Waals surface area contributed by atoms with Gasteiger partial charge in [0, 0.05) is 74.9 Å². The first-order valence-corrected chi connectivity index (χ1v) is 18.6. The van der Waals surface area contributed by atoms with Crippen molar-refractivity contribution in [1.29, 1.82) is 0 Å². The number of carbonyl (C=O) groups is 2. The molecule has 3 aromatic heterocycles. The van der Waals surface area contributed by atoms with Gasteiger partial charge >= 0.3 is 0 Å². The van der Waals surface area contributed by atoms with Crippen LogP contribution in [0.5, 0.6) is 5.75 Å². The van der Waals surface area contributed by atoms with Gasteiger partial charge in [-0.05, 0) is 49.6 Å². The number of thiophene rings is 1. The van der Waals surface area contributed by atoms with Crippen LogP contribution >= 0.6 is 11.3 Å². The molecule has 5 aromatic rings. The lowest BCUT2D eigenvalue weighted by atomic mass is 9.93. The molecule has 0 N–H and O–H groups in total. The van der Waals surface area contributed by atoms with Crippen LogP contribution in [0.15, 0.2) is 54.4 Å². The molecule has 7 rings (SSSR count). The van der Waals surface area contributed by atoms with E-state index < -0.39 is 23.5 Å². The summed E-state index contributed by atoms with van der Waals surface area (Å²) in [7, 11) is 4.95. The Bertz CT molecular complexity index is 2290. The van der Waals surface area contributed by atoms with Gasteiger partial charge in [0.1, 0.15) is 41.2 Å². The van der Waals surface area contributed by atoms with Crippen LogP contribution in [0, 0.1) is 17.5 Å². The van der Waals surface area contributed by atoms with Gasteiger partial charge in [-0.25, -0.2) is 18.2 Å². The zero-order valence-electron chi connectivity index (χ0n) is 30.8. The van der Waals surface area contributed by atoms with Crippen molar-refractivity contribution in [3.8, 4) is 39.5 Å². The first-order chi connectivity index (χ1) is 25.9. The smallest absolute Gasteiger partial charge is 0.246 e. The number of halogens is 3. The lowest BCUT2D eigenvalue weighted by Gasteiger charge is -2.36. The summed E-state index contributed by atoms with van der Waals surface area (Å²) in [6, 6.07) is 8.96. The van der Waals surface area contributed by atoms with Gasteiger partial charge in [-0.15, -0.1) is 11.3 Å². The molecular weight excluding hydrogens is 718 g/mol. The lowest BCUT2D eigenvalue weighted by molar-refractivity contribution is -0.130. The van der Waals surface area contributed by atoms with Crippen molar-refractivity contribution >= 4 is 33.2 Å². The van der Waals surface area contributed by atoms with Crippen molar-refractivity contribution in [2.24, 2.45) is 0 Å². The topological polar surface area (TPSA) is 93.0 Å². The maximum absolute atomic E-state index is 16.4. The summed E-state index contributed by atoms with van der Waals surface area (Å²) in [5, 5.41) is 6.40. The van der Waals surface area contributed by atoms with Gasteiger partial charge in [-0.3, -0.25) is 19.2 Å². The van der Waals surface area contributed by atoms with E-state index in [9.17, 15) is 14.0 Å².